The van der Waals surface area contributed by atoms with Crippen LogP contribution < -0.4 is 0 Å². The van der Waals surface area contributed by atoms with Crippen LogP contribution in [0.2, 0.25) is 0 Å². The molecule has 28 heavy (non-hydrogen) atoms. The number of benzene rings is 1. The number of nitro groups is 2. The molecule has 11 nitrogen and oxygen atoms in total. The van der Waals surface area contributed by atoms with Crippen molar-refractivity contribution >= 4 is 27.7 Å². The average Bonchev–Trinajstić information content (AvgIpc) is 3.15. The Labute approximate surface area is 162 Å². The van der Waals surface area contributed by atoms with E-state index in [1.807, 2.05) is 0 Å². The van der Waals surface area contributed by atoms with E-state index in [1.54, 1.807) is 4.52 Å². The van der Waals surface area contributed by atoms with Crippen LogP contribution >= 0.6 is 11.3 Å². The van der Waals surface area contributed by atoms with Crippen molar-refractivity contribution < 1.29 is 9.85 Å². The number of rotatable bonds is 5. The van der Waals surface area contributed by atoms with E-state index in [2.05, 4.69) is 20.2 Å². The second-order valence-corrected chi connectivity index (χ2v) is 7.62. The van der Waals surface area contributed by atoms with Crippen LogP contribution in [0.25, 0.3) is 15.5 Å². The monoisotopic (exact) mass is 403 g/mol. The van der Waals surface area contributed by atoms with Crippen molar-refractivity contribution in [3.63, 3.8) is 0 Å². The van der Waals surface area contributed by atoms with Crippen LogP contribution in [0, 0.1) is 20.2 Å². The van der Waals surface area contributed by atoms with Crippen molar-refractivity contribution in [2.24, 2.45) is 0 Å². The molecule has 0 unspecified atom stereocenters. The average molecular weight is 403 g/mol. The Bertz CT molecular complexity index is 1010. The predicted octanol–water partition coefficient (Wildman–Crippen LogP) is 3.05. The first-order chi connectivity index (χ1) is 13.5. The van der Waals surface area contributed by atoms with E-state index < -0.39 is 9.85 Å². The Kier molecular flexibility index (Phi) is 4.96. The fourth-order valence-electron chi connectivity index (χ4n) is 3.30. The second kappa shape index (κ2) is 7.56. The van der Waals surface area contributed by atoms with Gasteiger partial charge in [0.25, 0.3) is 11.4 Å². The number of non-ortho nitro benzene ring substituents is 2. The summed E-state index contributed by atoms with van der Waals surface area (Å²) >= 11 is 1.19. The maximum atomic E-state index is 11.1. The highest BCUT2D eigenvalue weighted by Gasteiger charge is 2.21. The quantitative estimate of drug-likeness (QED) is 0.469. The van der Waals surface area contributed by atoms with Gasteiger partial charge >= 0.3 is 0 Å². The van der Waals surface area contributed by atoms with E-state index in [4.69, 9.17) is 0 Å². The summed E-state index contributed by atoms with van der Waals surface area (Å²) in [6, 6.07) is 3.51. The summed E-state index contributed by atoms with van der Waals surface area (Å²) in [5, 5.41) is 35.5. The van der Waals surface area contributed by atoms with Gasteiger partial charge in [-0.2, -0.15) is 9.61 Å². The molecule has 146 valence electrons. The van der Waals surface area contributed by atoms with Gasteiger partial charge in [0.15, 0.2) is 5.82 Å². The molecule has 12 heteroatoms. The third-order valence-corrected chi connectivity index (χ3v) is 5.64. The Balaban J connectivity index is 1.68. The fraction of sp³-hybridized carbons (Fsp3) is 0.438. The number of nitro benzene ring substituents is 2. The summed E-state index contributed by atoms with van der Waals surface area (Å²) in [5.41, 5.74) is -0.378. The molecule has 0 radical (unpaired) electrons. The Morgan fingerprint density at radius 3 is 2.21 bits per heavy atom. The SMILES string of the molecule is O=[N+]([O-])c1cc(-c2nn3c(CN4CCCCCC4)nnc3s2)cc([N+](=O)[O-])c1. The number of hydrogen-bond acceptors (Lipinski definition) is 9. The lowest BCUT2D eigenvalue weighted by molar-refractivity contribution is -0.394. The van der Waals surface area contributed by atoms with Crippen molar-refractivity contribution in [3.05, 3.63) is 44.3 Å². The van der Waals surface area contributed by atoms with Gasteiger partial charge in [-0.3, -0.25) is 25.1 Å². The van der Waals surface area contributed by atoms with Crippen LogP contribution in [-0.4, -0.2) is 47.6 Å². The minimum atomic E-state index is -0.651. The Hall–Kier alpha value is -2.99. The molecule has 1 fully saturated rings. The van der Waals surface area contributed by atoms with E-state index >= 15 is 0 Å². The summed E-state index contributed by atoms with van der Waals surface area (Å²) < 4.78 is 1.62. The van der Waals surface area contributed by atoms with Gasteiger partial charge in [0.2, 0.25) is 4.96 Å². The summed E-state index contributed by atoms with van der Waals surface area (Å²) in [4.78, 5) is 23.8. The Morgan fingerprint density at radius 1 is 0.964 bits per heavy atom. The molecule has 1 saturated heterocycles. The topological polar surface area (TPSA) is 133 Å². The van der Waals surface area contributed by atoms with Crippen molar-refractivity contribution in [1.82, 2.24) is 24.7 Å². The van der Waals surface area contributed by atoms with Crippen LogP contribution in [0.5, 0.6) is 0 Å². The summed E-state index contributed by atoms with van der Waals surface area (Å²) in [6.07, 6.45) is 4.78. The van der Waals surface area contributed by atoms with Gasteiger partial charge in [-0.1, -0.05) is 24.2 Å². The number of fused-ring (bicyclic) bond motifs is 1. The first-order valence-electron chi connectivity index (χ1n) is 8.89. The zero-order valence-corrected chi connectivity index (χ0v) is 15.7. The van der Waals surface area contributed by atoms with Crippen LogP contribution in [0.3, 0.4) is 0 Å². The molecule has 1 aliphatic heterocycles. The summed E-state index contributed by atoms with van der Waals surface area (Å²) in [7, 11) is 0. The molecule has 4 rings (SSSR count). The zero-order chi connectivity index (χ0) is 19.7. The number of likely N-dealkylation sites (tertiary alicyclic amines) is 1. The molecule has 0 aliphatic carbocycles. The standard InChI is InChI=1S/C16H17N7O4S/c24-22(25)12-7-11(8-13(9-12)23(26)27)15-19-21-14(17-18-16(21)28-15)10-20-5-3-1-2-4-6-20/h7-9H,1-6,10H2. The van der Waals surface area contributed by atoms with E-state index in [-0.39, 0.29) is 11.4 Å². The fourth-order valence-corrected chi connectivity index (χ4v) is 4.14. The third kappa shape index (κ3) is 3.68. The maximum Gasteiger partial charge on any atom is 0.277 e. The highest BCUT2D eigenvalue weighted by molar-refractivity contribution is 7.19. The molecule has 0 bridgehead atoms. The number of hydrogen-bond donors (Lipinski definition) is 0. The van der Waals surface area contributed by atoms with Gasteiger partial charge in [-0.15, -0.1) is 10.2 Å². The molecule has 1 aliphatic rings. The van der Waals surface area contributed by atoms with Gasteiger partial charge in [-0.25, -0.2) is 0 Å². The molecule has 0 amide bonds. The highest BCUT2D eigenvalue weighted by atomic mass is 32.1. The van der Waals surface area contributed by atoms with Gasteiger partial charge in [-0.05, 0) is 25.9 Å². The first kappa shape index (κ1) is 18.4. The Morgan fingerprint density at radius 2 is 1.61 bits per heavy atom. The maximum absolute atomic E-state index is 11.1. The lowest BCUT2D eigenvalue weighted by Crippen LogP contribution is -2.25. The van der Waals surface area contributed by atoms with Crippen LogP contribution in [0.4, 0.5) is 11.4 Å². The van der Waals surface area contributed by atoms with Gasteiger partial charge in [0, 0.05) is 17.7 Å². The second-order valence-electron chi connectivity index (χ2n) is 6.66. The van der Waals surface area contributed by atoms with Crippen molar-refractivity contribution in [2.75, 3.05) is 13.1 Å². The molecule has 3 heterocycles. The molecule has 0 spiro atoms. The normalized spacial score (nSPS) is 15.6. The molecule has 1 aromatic carbocycles. The number of nitrogens with zero attached hydrogens (tertiary/aromatic N) is 7. The third-order valence-electron chi connectivity index (χ3n) is 4.69. The summed E-state index contributed by atoms with van der Waals surface area (Å²) in [6.45, 7) is 2.63. The lowest BCUT2D eigenvalue weighted by atomic mass is 10.2. The van der Waals surface area contributed by atoms with Crippen LogP contribution in [0.15, 0.2) is 18.2 Å². The van der Waals surface area contributed by atoms with Gasteiger partial charge in [0.05, 0.1) is 22.5 Å². The van der Waals surface area contributed by atoms with Gasteiger partial charge < -0.3 is 0 Å². The van der Waals surface area contributed by atoms with Crippen molar-refractivity contribution in [2.45, 2.75) is 32.2 Å². The molecule has 2 aromatic heterocycles. The first-order valence-corrected chi connectivity index (χ1v) is 9.70. The van der Waals surface area contributed by atoms with E-state index in [9.17, 15) is 20.2 Å². The number of aromatic nitrogens is 4. The summed E-state index contributed by atoms with van der Waals surface area (Å²) in [5.74, 6) is 0.694. The molecule has 0 N–H and O–H groups in total. The minimum absolute atomic E-state index is 0.317. The highest BCUT2D eigenvalue weighted by Crippen LogP contribution is 2.32. The molecular weight excluding hydrogens is 386 g/mol. The molecule has 0 atom stereocenters. The smallest absolute Gasteiger partial charge is 0.277 e. The molecule has 3 aromatic rings. The van der Waals surface area contributed by atoms with Gasteiger partial charge in [0.1, 0.15) is 5.01 Å². The largest absolute Gasteiger partial charge is 0.296 e. The predicted molar refractivity (Wildman–Crippen MR) is 101 cm³/mol. The minimum Gasteiger partial charge on any atom is -0.296 e. The van der Waals surface area contributed by atoms with E-state index in [1.165, 1.54) is 36.3 Å². The van der Waals surface area contributed by atoms with Crippen LogP contribution in [0.1, 0.15) is 31.5 Å². The lowest BCUT2D eigenvalue weighted by Gasteiger charge is -2.17. The zero-order valence-electron chi connectivity index (χ0n) is 14.9. The van der Waals surface area contributed by atoms with E-state index in [0.717, 1.165) is 32.0 Å². The van der Waals surface area contributed by atoms with Crippen molar-refractivity contribution in [1.29, 1.82) is 0 Å². The van der Waals surface area contributed by atoms with Crippen molar-refractivity contribution in [3.8, 4) is 10.6 Å². The molecular formula is C16H17N7O4S. The van der Waals surface area contributed by atoms with Crippen LogP contribution in [-0.2, 0) is 6.54 Å². The molecule has 0 saturated carbocycles. The van der Waals surface area contributed by atoms with E-state index in [0.29, 0.717) is 27.9 Å².